The van der Waals surface area contributed by atoms with Crippen molar-refractivity contribution in [3.63, 3.8) is 0 Å². The van der Waals surface area contributed by atoms with Gasteiger partial charge in [0.2, 0.25) is 5.91 Å². The molecule has 1 amide bonds. The molecular weight excluding hydrogens is 437 g/mol. The van der Waals surface area contributed by atoms with E-state index in [1.165, 1.54) is 6.92 Å². The average molecular weight is 450 g/mol. The van der Waals surface area contributed by atoms with Crippen molar-refractivity contribution in [2.24, 2.45) is 0 Å². The zero-order valence-corrected chi connectivity index (χ0v) is 15.6. The molecule has 0 unspecified atom stereocenters. The molecule has 0 aliphatic heterocycles. The predicted octanol–water partition coefficient (Wildman–Crippen LogP) is 4.99. The molecule has 6 nitrogen and oxygen atoms in total. The SMILES string of the molecule is Cc1nn(CC(=O)Nc2ccc(F)cc2OC(F)F)c2nc(C(F)F)cc(C(F)F)c12. The number of amides is 1. The van der Waals surface area contributed by atoms with E-state index >= 15 is 0 Å². The van der Waals surface area contributed by atoms with Crippen LogP contribution >= 0.6 is 0 Å². The molecule has 0 saturated carbocycles. The second-order valence-electron chi connectivity index (χ2n) is 6.25. The number of pyridine rings is 1. The standard InChI is InChI=1S/C18H13F7N4O2/c1-7-14-9(15(20)21)5-11(16(22)23)27-17(14)29(28-7)6-13(30)26-10-3-2-8(19)4-12(10)31-18(24)25/h2-5,15-16,18H,6H2,1H3,(H,26,30). The number of alkyl halides is 6. The van der Waals surface area contributed by atoms with Crippen LogP contribution in [0.15, 0.2) is 24.3 Å². The second-order valence-corrected chi connectivity index (χ2v) is 6.25. The van der Waals surface area contributed by atoms with E-state index in [4.69, 9.17) is 0 Å². The summed E-state index contributed by atoms with van der Waals surface area (Å²) >= 11 is 0. The molecule has 0 aliphatic rings. The maximum absolute atomic E-state index is 13.4. The number of aromatic nitrogens is 3. The Bertz CT molecular complexity index is 1120. The van der Waals surface area contributed by atoms with Gasteiger partial charge < -0.3 is 10.1 Å². The third-order valence-electron chi connectivity index (χ3n) is 4.11. The van der Waals surface area contributed by atoms with Crippen molar-refractivity contribution in [2.45, 2.75) is 32.9 Å². The molecule has 0 atom stereocenters. The van der Waals surface area contributed by atoms with E-state index in [2.05, 4.69) is 20.1 Å². The number of ether oxygens (including phenoxy) is 1. The van der Waals surface area contributed by atoms with Crippen LogP contribution in [-0.2, 0) is 11.3 Å². The first-order valence-corrected chi connectivity index (χ1v) is 8.55. The number of hydrogen-bond acceptors (Lipinski definition) is 4. The number of nitrogens with one attached hydrogen (secondary N) is 1. The average Bonchev–Trinajstić information content (AvgIpc) is 2.98. The number of benzene rings is 1. The van der Waals surface area contributed by atoms with Crippen molar-refractivity contribution < 1.29 is 40.3 Å². The molecule has 31 heavy (non-hydrogen) atoms. The Labute approximate surface area is 169 Å². The number of rotatable bonds is 7. The summed E-state index contributed by atoms with van der Waals surface area (Å²) in [5.41, 5.74) is -2.28. The van der Waals surface area contributed by atoms with Crippen molar-refractivity contribution in [1.29, 1.82) is 0 Å². The van der Waals surface area contributed by atoms with Crippen LogP contribution in [-0.4, -0.2) is 27.3 Å². The fraction of sp³-hybridized carbons (Fsp3) is 0.278. The zero-order chi connectivity index (χ0) is 22.9. The molecule has 0 bridgehead atoms. The van der Waals surface area contributed by atoms with Gasteiger partial charge in [0.25, 0.3) is 12.9 Å². The lowest BCUT2D eigenvalue weighted by molar-refractivity contribution is -0.116. The van der Waals surface area contributed by atoms with Crippen LogP contribution in [0.5, 0.6) is 5.75 Å². The maximum atomic E-state index is 13.4. The van der Waals surface area contributed by atoms with E-state index in [1.807, 2.05) is 0 Å². The Balaban J connectivity index is 1.95. The molecule has 0 aliphatic carbocycles. The monoisotopic (exact) mass is 450 g/mol. The Morgan fingerprint density at radius 1 is 1.13 bits per heavy atom. The van der Waals surface area contributed by atoms with E-state index in [0.29, 0.717) is 12.1 Å². The van der Waals surface area contributed by atoms with Crippen LogP contribution in [0.4, 0.5) is 36.4 Å². The quantitative estimate of drug-likeness (QED) is 0.515. The summed E-state index contributed by atoms with van der Waals surface area (Å²) in [6, 6.07) is 3.05. The van der Waals surface area contributed by atoms with E-state index in [-0.39, 0.29) is 22.4 Å². The van der Waals surface area contributed by atoms with Gasteiger partial charge >= 0.3 is 6.61 Å². The molecule has 1 aromatic carbocycles. The van der Waals surface area contributed by atoms with Crippen LogP contribution in [0.25, 0.3) is 11.0 Å². The molecule has 2 heterocycles. The molecule has 2 aromatic heterocycles. The normalized spacial score (nSPS) is 11.7. The first-order valence-electron chi connectivity index (χ1n) is 8.55. The molecule has 1 N–H and O–H groups in total. The molecular formula is C18H13F7N4O2. The van der Waals surface area contributed by atoms with Crippen LogP contribution in [0.3, 0.4) is 0 Å². The van der Waals surface area contributed by atoms with Crippen molar-refractivity contribution >= 4 is 22.6 Å². The number of nitrogens with zero attached hydrogens (tertiary/aromatic N) is 3. The van der Waals surface area contributed by atoms with Crippen molar-refractivity contribution in [2.75, 3.05) is 5.32 Å². The highest BCUT2D eigenvalue weighted by molar-refractivity contribution is 5.93. The molecule has 0 saturated heterocycles. The minimum absolute atomic E-state index is 0.0231. The Morgan fingerprint density at radius 3 is 2.45 bits per heavy atom. The maximum Gasteiger partial charge on any atom is 0.387 e. The molecule has 3 aromatic rings. The van der Waals surface area contributed by atoms with E-state index < -0.39 is 54.7 Å². The fourth-order valence-corrected chi connectivity index (χ4v) is 2.92. The lowest BCUT2D eigenvalue weighted by atomic mass is 10.1. The lowest BCUT2D eigenvalue weighted by Crippen LogP contribution is -2.20. The van der Waals surface area contributed by atoms with Crippen LogP contribution in [0.1, 0.15) is 29.8 Å². The molecule has 3 rings (SSSR count). The minimum Gasteiger partial charge on any atom is -0.432 e. The molecule has 13 heteroatoms. The topological polar surface area (TPSA) is 69.0 Å². The number of aryl methyl sites for hydroxylation is 1. The number of carbonyl (C=O) groups excluding carboxylic acids is 1. The van der Waals surface area contributed by atoms with Gasteiger partial charge in [0.05, 0.1) is 16.8 Å². The van der Waals surface area contributed by atoms with Crippen molar-refractivity contribution in [1.82, 2.24) is 14.8 Å². The third kappa shape index (κ3) is 4.86. The van der Waals surface area contributed by atoms with Gasteiger partial charge in [-0.05, 0) is 25.1 Å². The van der Waals surface area contributed by atoms with E-state index in [0.717, 1.165) is 16.8 Å². The summed E-state index contributed by atoms with van der Waals surface area (Å²) in [7, 11) is 0. The van der Waals surface area contributed by atoms with Crippen molar-refractivity contribution in [3.05, 3.63) is 47.0 Å². The number of halogens is 7. The Kier molecular flexibility index (Phi) is 6.32. The van der Waals surface area contributed by atoms with Gasteiger partial charge in [0.1, 0.15) is 18.1 Å². The van der Waals surface area contributed by atoms with E-state index in [9.17, 15) is 35.5 Å². The largest absolute Gasteiger partial charge is 0.432 e. The molecule has 0 radical (unpaired) electrons. The van der Waals surface area contributed by atoms with E-state index in [1.54, 1.807) is 0 Å². The van der Waals surface area contributed by atoms with Crippen LogP contribution in [0, 0.1) is 12.7 Å². The van der Waals surface area contributed by atoms with Gasteiger partial charge in [-0.25, -0.2) is 31.6 Å². The second kappa shape index (κ2) is 8.78. The van der Waals surface area contributed by atoms with Crippen molar-refractivity contribution in [3.8, 4) is 5.75 Å². The number of anilines is 1. The summed E-state index contributed by atoms with van der Waals surface area (Å²) < 4.78 is 96.2. The highest BCUT2D eigenvalue weighted by Gasteiger charge is 2.24. The number of hydrogen-bond donors (Lipinski definition) is 1. The third-order valence-corrected chi connectivity index (χ3v) is 4.11. The summed E-state index contributed by atoms with van der Waals surface area (Å²) in [6.45, 7) is -2.64. The van der Waals surface area contributed by atoms with Gasteiger partial charge in [-0.3, -0.25) is 4.79 Å². The van der Waals surface area contributed by atoms with Gasteiger partial charge in [-0.2, -0.15) is 13.9 Å². The number of fused-ring (bicyclic) bond motifs is 1. The summed E-state index contributed by atoms with van der Waals surface area (Å²) in [5, 5.41) is 5.91. The number of carbonyl (C=O) groups is 1. The minimum atomic E-state index is -3.29. The van der Waals surface area contributed by atoms with Gasteiger partial charge in [0, 0.05) is 11.6 Å². The highest BCUT2D eigenvalue weighted by atomic mass is 19.3. The first-order chi connectivity index (χ1) is 14.6. The predicted molar refractivity (Wildman–Crippen MR) is 93.8 cm³/mol. The Morgan fingerprint density at radius 2 is 1.84 bits per heavy atom. The molecule has 0 fully saturated rings. The highest BCUT2D eigenvalue weighted by Crippen LogP contribution is 2.33. The fourth-order valence-electron chi connectivity index (χ4n) is 2.92. The van der Waals surface area contributed by atoms with Gasteiger partial charge in [-0.1, -0.05) is 0 Å². The Hall–Kier alpha value is -3.38. The van der Waals surface area contributed by atoms with Crippen LogP contribution < -0.4 is 10.1 Å². The summed E-state index contributed by atoms with van der Waals surface area (Å²) in [4.78, 5) is 16.0. The lowest BCUT2D eigenvalue weighted by Gasteiger charge is -2.12. The smallest absolute Gasteiger partial charge is 0.387 e. The van der Waals surface area contributed by atoms with Gasteiger partial charge in [0.15, 0.2) is 11.4 Å². The zero-order valence-electron chi connectivity index (χ0n) is 15.6. The summed E-state index contributed by atoms with van der Waals surface area (Å²) in [6.07, 6.45) is -6.24. The van der Waals surface area contributed by atoms with Crippen LogP contribution in [0.2, 0.25) is 0 Å². The van der Waals surface area contributed by atoms with Gasteiger partial charge in [-0.15, -0.1) is 0 Å². The molecule has 166 valence electrons. The first kappa shape index (κ1) is 22.3. The summed E-state index contributed by atoms with van der Waals surface area (Å²) in [5.74, 6) is -2.45. The molecule has 0 spiro atoms.